The van der Waals surface area contributed by atoms with Gasteiger partial charge in [0.25, 0.3) is 6.43 Å². The van der Waals surface area contributed by atoms with E-state index in [4.69, 9.17) is 9.47 Å². The molecule has 6 heteroatoms. The topological polar surface area (TPSA) is 33.7 Å². The first-order chi connectivity index (χ1) is 8.79. The summed E-state index contributed by atoms with van der Waals surface area (Å²) in [5.74, 6) is 0. The fraction of sp³-hybridized carbons (Fsp3) is 1.00. The Kier molecular flexibility index (Phi) is 9.28. The molecule has 0 aliphatic carbocycles. The molecule has 0 amide bonds. The van der Waals surface area contributed by atoms with Gasteiger partial charge in [-0.2, -0.15) is 0 Å². The van der Waals surface area contributed by atoms with E-state index in [0.29, 0.717) is 6.61 Å². The maximum atomic E-state index is 11.7. The van der Waals surface area contributed by atoms with Crippen LogP contribution >= 0.6 is 0 Å². The molecule has 0 saturated carbocycles. The molecule has 0 aromatic carbocycles. The molecule has 1 fully saturated rings. The van der Waals surface area contributed by atoms with Crippen molar-refractivity contribution in [2.24, 2.45) is 0 Å². The average molecular weight is 266 g/mol. The normalized spacial score (nSPS) is 17.5. The number of morpholine rings is 1. The summed E-state index contributed by atoms with van der Waals surface area (Å²) in [5.41, 5.74) is 0. The third kappa shape index (κ3) is 8.74. The monoisotopic (exact) mass is 266 g/mol. The van der Waals surface area contributed by atoms with Crippen molar-refractivity contribution in [1.29, 1.82) is 0 Å². The highest BCUT2D eigenvalue weighted by atomic mass is 19.3. The Morgan fingerprint density at radius 3 is 2.61 bits per heavy atom. The Morgan fingerprint density at radius 1 is 1.17 bits per heavy atom. The van der Waals surface area contributed by atoms with Crippen molar-refractivity contribution in [2.75, 3.05) is 59.2 Å². The largest absolute Gasteiger partial charge is 0.379 e. The summed E-state index contributed by atoms with van der Waals surface area (Å²) in [6.07, 6.45) is -0.464. The summed E-state index contributed by atoms with van der Waals surface area (Å²) < 4.78 is 33.5. The Morgan fingerprint density at radius 2 is 1.89 bits per heavy atom. The van der Waals surface area contributed by atoms with Crippen LogP contribution in [0.15, 0.2) is 0 Å². The maximum absolute atomic E-state index is 11.7. The predicted octanol–water partition coefficient (Wildman–Crippen LogP) is 0.970. The Balaban J connectivity index is 1.75. The van der Waals surface area contributed by atoms with Crippen LogP contribution in [0.25, 0.3) is 0 Å². The number of hydrogen-bond acceptors (Lipinski definition) is 4. The molecular weight excluding hydrogens is 242 g/mol. The van der Waals surface area contributed by atoms with Crippen LogP contribution in [0.5, 0.6) is 0 Å². The molecular formula is C12H24F2N2O2. The summed E-state index contributed by atoms with van der Waals surface area (Å²) in [6, 6.07) is 0. The van der Waals surface area contributed by atoms with Crippen LogP contribution in [0, 0.1) is 0 Å². The minimum Gasteiger partial charge on any atom is -0.379 e. The number of hydrogen-bond donors (Lipinski definition) is 1. The standard InChI is InChI=1S/C12H24F2N2O2/c13-12(14)11-18-8-2-4-15-3-1-5-16-6-9-17-10-7-16/h12,15H,1-11H2. The van der Waals surface area contributed by atoms with Crippen LogP contribution < -0.4 is 5.32 Å². The van der Waals surface area contributed by atoms with E-state index in [0.717, 1.165) is 58.8 Å². The van der Waals surface area contributed by atoms with Gasteiger partial charge in [0, 0.05) is 19.7 Å². The average Bonchev–Trinajstić information content (AvgIpc) is 2.37. The molecule has 1 heterocycles. The van der Waals surface area contributed by atoms with E-state index in [9.17, 15) is 8.78 Å². The number of ether oxygens (including phenoxy) is 2. The molecule has 0 radical (unpaired) electrons. The van der Waals surface area contributed by atoms with Crippen molar-refractivity contribution in [3.05, 3.63) is 0 Å². The SMILES string of the molecule is FC(F)COCCCNCCCN1CCOCC1. The van der Waals surface area contributed by atoms with Gasteiger partial charge in [0.1, 0.15) is 6.61 Å². The van der Waals surface area contributed by atoms with Gasteiger partial charge in [0.05, 0.1) is 13.2 Å². The molecule has 1 saturated heterocycles. The lowest BCUT2D eigenvalue weighted by atomic mass is 10.3. The Bertz CT molecular complexity index is 191. The lowest BCUT2D eigenvalue weighted by Crippen LogP contribution is -2.37. The van der Waals surface area contributed by atoms with Gasteiger partial charge in [-0.1, -0.05) is 0 Å². The molecule has 0 atom stereocenters. The van der Waals surface area contributed by atoms with Crippen LogP contribution in [0.4, 0.5) is 8.78 Å². The highest BCUT2D eigenvalue weighted by molar-refractivity contribution is 4.62. The molecule has 0 aromatic heterocycles. The van der Waals surface area contributed by atoms with Gasteiger partial charge in [-0.05, 0) is 32.5 Å². The van der Waals surface area contributed by atoms with Crippen molar-refractivity contribution in [3.63, 3.8) is 0 Å². The number of halogens is 2. The maximum Gasteiger partial charge on any atom is 0.261 e. The van der Waals surface area contributed by atoms with Crippen molar-refractivity contribution in [2.45, 2.75) is 19.3 Å². The minimum absolute atomic E-state index is 0.404. The van der Waals surface area contributed by atoms with E-state index in [1.54, 1.807) is 0 Å². The van der Waals surface area contributed by atoms with Gasteiger partial charge < -0.3 is 14.8 Å². The Labute approximate surface area is 108 Å². The van der Waals surface area contributed by atoms with Gasteiger partial charge in [0.2, 0.25) is 0 Å². The van der Waals surface area contributed by atoms with Crippen molar-refractivity contribution < 1.29 is 18.3 Å². The van der Waals surface area contributed by atoms with Crippen molar-refractivity contribution >= 4 is 0 Å². The van der Waals surface area contributed by atoms with Crippen molar-refractivity contribution in [3.8, 4) is 0 Å². The summed E-state index contributed by atoms with van der Waals surface area (Å²) >= 11 is 0. The zero-order chi connectivity index (χ0) is 13.1. The van der Waals surface area contributed by atoms with E-state index < -0.39 is 13.0 Å². The van der Waals surface area contributed by atoms with Crippen LogP contribution in [-0.4, -0.2) is 70.5 Å². The number of rotatable bonds is 10. The number of nitrogens with zero attached hydrogens (tertiary/aromatic N) is 1. The summed E-state index contributed by atoms with van der Waals surface area (Å²) in [6.45, 7) is 6.58. The fourth-order valence-electron chi connectivity index (χ4n) is 1.85. The molecule has 1 aliphatic heterocycles. The molecule has 1 aliphatic rings. The van der Waals surface area contributed by atoms with Crippen LogP contribution in [-0.2, 0) is 9.47 Å². The number of nitrogens with one attached hydrogen (secondary N) is 1. The molecule has 0 aromatic rings. The molecule has 1 rings (SSSR count). The first-order valence-corrected chi connectivity index (χ1v) is 6.66. The van der Waals surface area contributed by atoms with Gasteiger partial charge in [-0.3, -0.25) is 4.90 Å². The summed E-state index contributed by atoms with van der Waals surface area (Å²) in [7, 11) is 0. The molecule has 4 nitrogen and oxygen atoms in total. The summed E-state index contributed by atoms with van der Waals surface area (Å²) in [5, 5.41) is 3.29. The molecule has 0 unspecified atom stereocenters. The molecule has 1 N–H and O–H groups in total. The number of alkyl halides is 2. The van der Waals surface area contributed by atoms with E-state index >= 15 is 0 Å². The van der Waals surface area contributed by atoms with E-state index in [2.05, 4.69) is 10.2 Å². The van der Waals surface area contributed by atoms with Gasteiger partial charge in [-0.25, -0.2) is 8.78 Å². The second-order valence-electron chi connectivity index (χ2n) is 4.38. The highest BCUT2D eigenvalue weighted by Gasteiger charge is 2.08. The first-order valence-electron chi connectivity index (χ1n) is 6.66. The van der Waals surface area contributed by atoms with E-state index in [-0.39, 0.29) is 0 Å². The third-order valence-corrected chi connectivity index (χ3v) is 2.82. The zero-order valence-corrected chi connectivity index (χ0v) is 10.9. The second kappa shape index (κ2) is 10.6. The first kappa shape index (κ1) is 15.8. The molecule has 108 valence electrons. The lowest BCUT2D eigenvalue weighted by molar-refractivity contribution is 0.0168. The Hall–Kier alpha value is -0.300. The van der Waals surface area contributed by atoms with E-state index in [1.807, 2.05) is 0 Å². The minimum atomic E-state index is -2.36. The van der Waals surface area contributed by atoms with Gasteiger partial charge in [0.15, 0.2) is 0 Å². The molecule has 18 heavy (non-hydrogen) atoms. The highest BCUT2D eigenvalue weighted by Crippen LogP contribution is 1.97. The lowest BCUT2D eigenvalue weighted by Gasteiger charge is -2.26. The molecule has 0 bridgehead atoms. The molecule has 0 spiro atoms. The van der Waals surface area contributed by atoms with Crippen LogP contribution in [0.2, 0.25) is 0 Å². The third-order valence-electron chi connectivity index (χ3n) is 2.82. The van der Waals surface area contributed by atoms with E-state index in [1.165, 1.54) is 0 Å². The second-order valence-corrected chi connectivity index (χ2v) is 4.38. The summed E-state index contributed by atoms with van der Waals surface area (Å²) in [4.78, 5) is 2.40. The van der Waals surface area contributed by atoms with Crippen LogP contribution in [0.3, 0.4) is 0 Å². The quantitative estimate of drug-likeness (QED) is 0.597. The van der Waals surface area contributed by atoms with Gasteiger partial charge >= 0.3 is 0 Å². The predicted molar refractivity (Wildman–Crippen MR) is 66.2 cm³/mol. The van der Waals surface area contributed by atoms with Gasteiger partial charge in [-0.15, -0.1) is 0 Å². The smallest absolute Gasteiger partial charge is 0.261 e. The zero-order valence-electron chi connectivity index (χ0n) is 10.9. The van der Waals surface area contributed by atoms with Crippen molar-refractivity contribution in [1.82, 2.24) is 10.2 Å². The fourth-order valence-corrected chi connectivity index (χ4v) is 1.85. The van der Waals surface area contributed by atoms with Crippen LogP contribution in [0.1, 0.15) is 12.8 Å².